The lowest BCUT2D eigenvalue weighted by atomic mass is 10.1. The lowest BCUT2D eigenvalue weighted by Crippen LogP contribution is -2.35. The van der Waals surface area contributed by atoms with Gasteiger partial charge < -0.3 is 20.7 Å². The number of carbonyl (C=O) groups excluding carboxylic acids is 1. The summed E-state index contributed by atoms with van der Waals surface area (Å²) in [7, 11) is 0. The highest BCUT2D eigenvalue weighted by molar-refractivity contribution is 6.05. The molecule has 2 rings (SSSR count). The Morgan fingerprint density at radius 1 is 1.33 bits per heavy atom. The van der Waals surface area contributed by atoms with Gasteiger partial charge in [0.05, 0.1) is 11.7 Å². The lowest BCUT2D eigenvalue weighted by Gasteiger charge is -2.09. The highest BCUT2D eigenvalue weighted by atomic mass is 16.3. The standard InChI is InChI=1S/C15H19N3O3/c1-10(19)9-16-6-7-17-15(21)12-8-14(20)18-13-5-3-2-4-11(12)13/h2-5,8,10,16,19H,6-7,9H2,1H3,(H,17,21)(H,18,20). The van der Waals surface area contributed by atoms with Crippen molar-refractivity contribution in [3.8, 4) is 0 Å². The number of carbonyl (C=O) groups is 1. The van der Waals surface area contributed by atoms with Gasteiger partial charge in [-0.25, -0.2) is 0 Å². The molecular weight excluding hydrogens is 270 g/mol. The van der Waals surface area contributed by atoms with Crippen molar-refractivity contribution in [3.63, 3.8) is 0 Å². The Hall–Kier alpha value is -2.18. The second-order valence-corrected chi connectivity index (χ2v) is 4.90. The van der Waals surface area contributed by atoms with Crippen LogP contribution in [0.3, 0.4) is 0 Å². The second-order valence-electron chi connectivity index (χ2n) is 4.90. The maximum Gasteiger partial charge on any atom is 0.252 e. The first-order valence-corrected chi connectivity index (χ1v) is 6.87. The molecule has 1 heterocycles. The van der Waals surface area contributed by atoms with Gasteiger partial charge in [0.1, 0.15) is 0 Å². The SMILES string of the molecule is CC(O)CNCCNC(=O)c1cc(=O)[nH]c2ccccc12. The van der Waals surface area contributed by atoms with E-state index >= 15 is 0 Å². The van der Waals surface area contributed by atoms with Gasteiger partial charge in [-0.1, -0.05) is 18.2 Å². The minimum atomic E-state index is -0.419. The molecule has 0 aliphatic carbocycles. The van der Waals surface area contributed by atoms with Gasteiger partial charge in [-0.3, -0.25) is 9.59 Å². The van der Waals surface area contributed by atoms with Crippen LogP contribution in [0.15, 0.2) is 35.1 Å². The summed E-state index contributed by atoms with van der Waals surface area (Å²) in [5.41, 5.74) is 0.707. The molecule has 0 aliphatic rings. The molecule has 0 saturated heterocycles. The van der Waals surface area contributed by atoms with Crippen molar-refractivity contribution in [2.75, 3.05) is 19.6 Å². The molecule has 1 aromatic carbocycles. The van der Waals surface area contributed by atoms with Crippen LogP contribution in [0.2, 0.25) is 0 Å². The predicted molar refractivity (Wildman–Crippen MR) is 81.5 cm³/mol. The Morgan fingerprint density at radius 3 is 2.86 bits per heavy atom. The van der Waals surface area contributed by atoms with Gasteiger partial charge in [0.15, 0.2) is 0 Å². The van der Waals surface area contributed by atoms with Crippen molar-refractivity contribution in [2.45, 2.75) is 13.0 Å². The number of nitrogens with one attached hydrogen (secondary N) is 3. The topological polar surface area (TPSA) is 94.2 Å². The number of para-hydroxylation sites is 1. The van der Waals surface area contributed by atoms with Crippen LogP contribution in [0.5, 0.6) is 0 Å². The minimum Gasteiger partial charge on any atom is -0.392 e. The Balaban J connectivity index is 2.04. The summed E-state index contributed by atoms with van der Waals surface area (Å²) in [5, 5.41) is 15.6. The van der Waals surface area contributed by atoms with Gasteiger partial charge >= 0.3 is 0 Å². The third-order valence-corrected chi connectivity index (χ3v) is 3.02. The number of hydrogen-bond donors (Lipinski definition) is 4. The van der Waals surface area contributed by atoms with Crippen LogP contribution in [0.1, 0.15) is 17.3 Å². The van der Waals surface area contributed by atoms with Crippen LogP contribution in [-0.2, 0) is 0 Å². The molecule has 4 N–H and O–H groups in total. The predicted octanol–water partition coefficient (Wildman–Crippen LogP) is 0.228. The van der Waals surface area contributed by atoms with Gasteiger partial charge in [-0.2, -0.15) is 0 Å². The first kappa shape index (κ1) is 15.2. The molecule has 0 fully saturated rings. The van der Waals surface area contributed by atoms with E-state index in [1.54, 1.807) is 25.1 Å². The van der Waals surface area contributed by atoms with Crippen molar-refractivity contribution in [1.29, 1.82) is 0 Å². The highest BCUT2D eigenvalue weighted by Crippen LogP contribution is 2.14. The molecule has 1 atom stereocenters. The fraction of sp³-hybridized carbons (Fsp3) is 0.333. The first-order valence-electron chi connectivity index (χ1n) is 6.87. The van der Waals surface area contributed by atoms with Crippen molar-refractivity contribution in [1.82, 2.24) is 15.6 Å². The molecule has 2 aromatic rings. The number of hydrogen-bond acceptors (Lipinski definition) is 4. The number of rotatable bonds is 6. The largest absolute Gasteiger partial charge is 0.392 e. The number of benzene rings is 1. The molecule has 112 valence electrons. The van der Waals surface area contributed by atoms with Gasteiger partial charge in [0.25, 0.3) is 5.91 Å². The van der Waals surface area contributed by atoms with E-state index in [0.29, 0.717) is 36.1 Å². The van der Waals surface area contributed by atoms with Gasteiger partial charge in [-0.05, 0) is 13.0 Å². The van der Waals surface area contributed by atoms with Crippen molar-refractivity contribution in [2.24, 2.45) is 0 Å². The fourth-order valence-corrected chi connectivity index (χ4v) is 2.06. The average molecular weight is 289 g/mol. The average Bonchev–Trinajstić information content (AvgIpc) is 2.45. The Labute approximate surface area is 122 Å². The Morgan fingerprint density at radius 2 is 2.10 bits per heavy atom. The highest BCUT2D eigenvalue weighted by Gasteiger charge is 2.10. The van der Waals surface area contributed by atoms with Crippen LogP contribution in [0.25, 0.3) is 10.9 Å². The molecule has 0 bridgehead atoms. The van der Waals surface area contributed by atoms with E-state index in [0.717, 1.165) is 0 Å². The molecule has 1 unspecified atom stereocenters. The number of pyridine rings is 1. The molecule has 6 heteroatoms. The van der Waals surface area contributed by atoms with E-state index in [9.17, 15) is 9.59 Å². The first-order chi connectivity index (χ1) is 10.1. The van der Waals surface area contributed by atoms with Crippen molar-refractivity contribution in [3.05, 3.63) is 46.2 Å². The Kier molecular flexibility index (Phi) is 5.08. The maximum atomic E-state index is 12.2. The number of aromatic nitrogens is 1. The normalized spacial score (nSPS) is 12.3. The van der Waals surface area contributed by atoms with E-state index < -0.39 is 6.10 Å². The number of H-pyrrole nitrogens is 1. The molecule has 6 nitrogen and oxygen atoms in total. The zero-order valence-electron chi connectivity index (χ0n) is 11.8. The maximum absolute atomic E-state index is 12.2. The van der Waals surface area contributed by atoms with E-state index in [-0.39, 0.29) is 11.5 Å². The monoisotopic (exact) mass is 289 g/mol. The summed E-state index contributed by atoms with van der Waals surface area (Å²) in [6.45, 7) is 3.14. The molecule has 21 heavy (non-hydrogen) atoms. The van der Waals surface area contributed by atoms with E-state index in [4.69, 9.17) is 5.11 Å². The summed E-state index contributed by atoms with van der Waals surface area (Å²) < 4.78 is 0. The number of fused-ring (bicyclic) bond motifs is 1. The number of amides is 1. The van der Waals surface area contributed by atoms with Crippen LogP contribution < -0.4 is 16.2 Å². The zero-order chi connectivity index (χ0) is 15.2. The molecular formula is C15H19N3O3. The number of aromatic amines is 1. The molecule has 1 aromatic heterocycles. The summed E-state index contributed by atoms with van der Waals surface area (Å²) in [4.78, 5) is 26.4. The quantitative estimate of drug-likeness (QED) is 0.573. The van der Waals surface area contributed by atoms with Gasteiger partial charge in [0, 0.05) is 36.6 Å². The third kappa shape index (κ3) is 4.14. The fourth-order valence-electron chi connectivity index (χ4n) is 2.06. The number of aliphatic hydroxyl groups is 1. The van der Waals surface area contributed by atoms with Gasteiger partial charge in [0.2, 0.25) is 5.56 Å². The molecule has 0 saturated carbocycles. The second kappa shape index (κ2) is 7.01. The van der Waals surface area contributed by atoms with E-state index in [1.807, 2.05) is 6.07 Å². The molecule has 0 spiro atoms. The summed E-state index contributed by atoms with van der Waals surface area (Å²) in [6, 6.07) is 8.49. The minimum absolute atomic E-state index is 0.281. The molecule has 0 radical (unpaired) electrons. The van der Waals surface area contributed by atoms with Crippen LogP contribution >= 0.6 is 0 Å². The third-order valence-electron chi connectivity index (χ3n) is 3.02. The van der Waals surface area contributed by atoms with Gasteiger partial charge in [-0.15, -0.1) is 0 Å². The van der Waals surface area contributed by atoms with E-state index in [1.165, 1.54) is 6.07 Å². The summed E-state index contributed by atoms with van der Waals surface area (Å²) in [5.74, 6) is -0.281. The summed E-state index contributed by atoms with van der Waals surface area (Å²) >= 11 is 0. The van der Waals surface area contributed by atoms with Crippen LogP contribution in [0.4, 0.5) is 0 Å². The summed E-state index contributed by atoms with van der Waals surface area (Å²) in [6.07, 6.45) is -0.419. The molecule has 1 amide bonds. The zero-order valence-corrected chi connectivity index (χ0v) is 11.8. The van der Waals surface area contributed by atoms with E-state index in [2.05, 4.69) is 15.6 Å². The smallest absolute Gasteiger partial charge is 0.252 e. The van der Waals surface area contributed by atoms with Crippen molar-refractivity contribution < 1.29 is 9.90 Å². The molecule has 0 aliphatic heterocycles. The van der Waals surface area contributed by atoms with Crippen molar-refractivity contribution >= 4 is 16.8 Å². The van der Waals surface area contributed by atoms with Crippen LogP contribution in [0, 0.1) is 0 Å². The number of aliphatic hydroxyl groups excluding tert-OH is 1. The van der Waals surface area contributed by atoms with Crippen LogP contribution in [-0.4, -0.2) is 41.7 Å². The lowest BCUT2D eigenvalue weighted by molar-refractivity contribution is 0.0955. The Bertz CT molecular complexity index is 679.